The number of aromatic nitrogens is 2. The van der Waals surface area contributed by atoms with Crippen molar-refractivity contribution in [1.29, 1.82) is 0 Å². The van der Waals surface area contributed by atoms with Gasteiger partial charge in [-0.3, -0.25) is 0 Å². The van der Waals surface area contributed by atoms with Crippen LogP contribution < -0.4 is 0 Å². The summed E-state index contributed by atoms with van der Waals surface area (Å²) in [6.45, 7) is 4.83. The minimum atomic E-state index is -0.172. The molecule has 2 aromatic heterocycles. The molecule has 0 amide bonds. The molecule has 0 bridgehead atoms. The molecule has 0 radical (unpaired) electrons. The Hall–Kier alpha value is -6.64. The fourth-order valence-electron chi connectivity index (χ4n) is 9.82. The number of fused-ring (bicyclic) bond motifs is 15. The molecular weight excluding hydrogens is 641 g/mol. The zero-order chi connectivity index (χ0) is 35.0. The number of hydrogen-bond acceptors (Lipinski definition) is 0. The quantitative estimate of drug-likeness (QED) is 0.162. The summed E-state index contributed by atoms with van der Waals surface area (Å²) in [5.74, 6) is 0. The average Bonchev–Trinajstić information content (AvgIpc) is 3.79. The summed E-state index contributed by atoms with van der Waals surface area (Å²) < 4.78 is 4.89. The molecule has 1 aliphatic carbocycles. The predicted octanol–water partition coefficient (Wildman–Crippen LogP) is 13.6. The zero-order valence-corrected chi connectivity index (χ0v) is 29.6. The van der Waals surface area contributed by atoms with Gasteiger partial charge >= 0.3 is 0 Å². The van der Waals surface area contributed by atoms with Crippen LogP contribution in [0.2, 0.25) is 0 Å². The van der Waals surface area contributed by atoms with Crippen LogP contribution in [0.1, 0.15) is 25.0 Å². The number of hydrogen-bond donors (Lipinski definition) is 0. The van der Waals surface area contributed by atoms with Crippen molar-refractivity contribution in [1.82, 2.24) is 9.13 Å². The van der Waals surface area contributed by atoms with Gasteiger partial charge in [-0.15, -0.1) is 0 Å². The van der Waals surface area contributed by atoms with E-state index in [0.29, 0.717) is 0 Å². The number of para-hydroxylation sites is 3. The Labute approximate surface area is 306 Å². The molecule has 0 spiro atoms. The van der Waals surface area contributed by atoms with Gasteiger partial charge in [0, 0.05) is 38.3 Å². The first kappa shape index (κ1) is 29.0. The summed E-state index contributed by atoms with van der Waals surface area (Å²) in [7, 11) is 0. The van der Waals surface area contributed by atoms with Gasteiger partial charge < -0.3 is 9.13 Å². The van der Waals surface area contributed by atoms with Gasteiger partial charge in [0.1, 0.15) is 0 Å². The average molecular weight is 675 g/mol. The van der Waals surface area contributed by atoms with E-state index < -0.39 is 0 Å². The van der Waals surface area contributed by atoms with Gasteiger partial charge in [-0.2, -0.15) is 0 Å². The van der Waals surface area contributed by atoms with Crippen molar-refractivity contribution in [2.45, 2.75) is 19.3 Å². The highest BCUT2D eigenvalue weighted by molar-refractivity contribution is 6.26. The molecule has 248 valence electrons. The van der Waals surface area contributed by atoms with E-state index in [1.54, 1.807) is 0 Å². The Morgan fingerprint density at radius 1 is 0.302 bits per heavy atom. The van der Waals surface area contributed by atoms with E-state index in [4.69, 9.17) is 0 Å². The maximum absolute atomic E-state index is 2.51. The van der Waals surface area contributed by atoms with Crippen molar-refractivity contribution in [3.8, 4) is 22.5 Å². The highest BCUT2D eigenvalue weighted by Crippen LogP contribution is 2.53. The van der Waals surface area contributed by atoms with Crippen LogP contribution in [0.25, 0.3) is 98.4 Å². The van der Waals surface area contributed by atoms with Crippen LogP contribution in [-0.4, -0.2) is 9.13 Å². The maximum Gasteiger partial charge on any atom is 0.0544 e. The second-order valence-corrected chi connectivity index (χ2v) is 15.3. The summed E-state index contributed by atoms with van der Waals surface area (Å²) in [4.78, 5) is 0. The largest absolute Gasteiger partial charge is 0.309 e. The third-order valence-electron chi connectivity index (χ3n) is 12.3. The molecule has 53 heavy (non-hydrogen) atoms. The van der Waals surface area contributed by atoms with Crippen molar-refractivity contribution < 1.29 is 0 Å². The number of benzene rings is 9. The first-order chi connectivity index (χ1) is 26.1. The van der Waals surface area contributed by atoms with Crippen molar-refractivity contribution in [2.24, 2.45) is 0 Å². The van der Waals surface area contributed by atoms with E-state index in [0.717, 1.165) is 0 Å². The van der Waals surface area contributed by atoms with Crippen molar-refractivity contribution in [2.75, 3.05) is 0 Å². The van der Waals surface area contributed by atoms with E-state index in [1.165, 1.54) is 110 Å². The fourth-order valence-corrected chi connectivity index (χ4v) is 9.82. The Kier molecular flexibility index (Phi) is 5.60. The summed E-state index contributed by atoms with van der Waals surface area (Å²) in [5, 5.41) is 13.0. The standard InChI is InChI=1S/C51H34N2/c1-51(2)45-29-40-36-19-9-7-17-34(36)33-16-6-8-18-35(33)39(40)27-41(45)42-28-44-38-21-11-13-23-48(38)53(50(44)30-46(42)51)32-24-25-49-43(26-32)37-20-10-12-22-47(37)52(49)31-14-4-3-5-15-31/h3-30H,1-2H3. The van der Waals surface area contributed by atoms with E-state index in [1.807, 2.05) is 0 Å². The van der Waals surface area contributed by atoms with Gasteiger partial charge in [-0.25, -0.2) is 0 Å². The van der Waals surface area contributed by atoms with Crippen molar-refractivity contribution in [3.05, 3.63) is 181 Å². The van der Waals surface area contributed by atoms with Gasteiger partial charge in [0.15, 0.2) is 0 Å². The van der Waals surface area contributed by atoms with Crippen LogP contribution in [0.3, 0.4) is 0 Å². The van der Waals surface area contributed by atoms with Gasteiger partial charge in [0.25, 0.3) is 0 Å². The second-order valence-electron chi connectivity index (χ2n) is 15.3. The SMILES string of the molecule is CC1(C)c2cc3c4ccccc4c4ccccc4c3cc2-c2cc3c4ccccc4n(-c4ccc5c(c4)c4ccccc4n5-c4ccccc4)c3cc21. The van der Waals surface area contributed by atoms with Crippen LogP contribution >= 0.6 is 0 Å². The predicted molar refractivity (Wildman–Crippen MR) is 225 cm³/mol. The molecule has 1 aliphatic rings. The molecule has 0 fully saturated rings. The lowest BCUT2D eigenvalue weighted by Crippen LogP contribution is -2.15. The summed E-state index contributed by atoms with van der Waals surface area (Å²) in [6.07, 6.45) is 0. The smallest absolute Gasteiger partial charge is 0.0544 e. The normalized spacial score (nSPS) is 13.6. The van der Waals surface area contributed by atoms with Crippen LogP contribution in [0.15, 0.2) is 170 Å². The molecule has 2 heteroatoms. The lowest BCUT2D eigenvalue weighted by molar-refractivity contribution is 0.662. The van der Waals surface area contributed by atoms with Crippen LogP contribution in [0, 0.1) is 0 Å². The van der Waals surface area contributed by atoms with Crippen molar-refractivity contribution in [3.63, 3.8) is 0 Å². The summed E-state index contributed by atoms with van der Waals surface area (Å²) >= 11 is 0. The minimum absolute atomic E-state index is 0.172. The Bertz CT molecular complexity index is 3360. The first-order valence-electron chi connectivity index (χ1n) is 18.6. The van der Waals surface area contributed by atoms with E-state index in [-0.39, 0.29) is 5.41 Å². The Morgan fingerprint density at radius 3 is 1.36 bits per heavy atom. The molecule has 0 saturated carbocycles. The Balaban J connectivity index is 1.14. The third-order valence-corrected chi connectivity index (χ3v) is 12.3. The maximum atomic E-state index is 2.51. The topological polar surface area (TPSA) is 9.86 Å². The monoisotopic (exact) mass is 674 g/mol. The zero-order valence-electron chi connectivity index (χ0n) is 29.6. The molecule has 11 aromatic rings. The van der Waals surface area contributed by atoms with Gasteiger partial charge in [-0.05, 0) is 121 Å². The van der Waals surface area contributed by atoms with Gasteiger partial charge in [0.05, 0.1) is 22.1 Å². The lowest BCUT2D eigenvalue weighted by atomic mass is 9.81. The summed E-state index contributed by atoms with van der Waals surface area (Å²) in [6, 6.07) is 63.3. The van der Waals surface area contributed by atoms with Gasteiger partial charge in [-0.1, -0.05) is 117 Å². The molecule has 9 aromatic carbocycles. The lowest BCUT2D eigenvalue weighted by Gasteiger charge is -2.23. The third kappa shape index (κ3) is 3.77. The van der Waals surface area contributed by atoms with Crippen LogP contribution in [0.4, 0.5) is 0 Å². The number of rotatable bonds is 2. The first-order valence-corrected chi connectivity index (χ1v) is 18.6. The molecule has 0 saturated heterocycles. The number of nitrogens with zero attached hydrogens (tertiary/aromatic N) is 2. The van der Waals surface area contributed by atoms with Gasteiger partial charge in [0.2, 0.25) is 0 Å². The Morgan fingerprint density at radius 2 is 0.736 bits per heavy atom. The fraction of sp³-hybridized carbons (Fsp3) is 0.0588. The van der Waals surface area contributed by atoms with Crippen LogP contribution in [-0.2, 0) is 5.41 Å². The summed E-state index contributed by atoms with van der Waals surface area (Å²) in [5.41, 5.74) is 12.6. The van der Waals surface area contributed by atoms with E-state index >= 15 is 0 Å². The minimum Gasteiger partial charge on any atom is -0.309 e. The molecular formula is C51H34N2. The molecule has 0 aliphatic heterocycles. The molecule has 2 heterocycles. The molecule has 0 unspecified atom stereocenters. The van der Waals surface area contributed by atoms with E-state index in [2.05, 4.69) is 193 Å². The molecule has 0 N–H and O–H groups in total. The van der Waals surface area contributed by atoms with E-state index in [9.17, 15) is 0 Å². The highest BCUT2D eigenvalue weighted by atomic mass is 15.0. The van der Waals surface area contributed by atoms with Crippen molar-refractivity contribution >= 4 is 75.9 Å². The molecule has 2 nitrogen and oxygen atoms in total. The highest BCUT2D eigenvalue weighted by Gasteiger charge is 2.37. The molecule has 0 atom stereocenters. The second kappa shape index (κ2) is 10.2. The molecule has 12 rings (SSSR count). The van der Waals surface area contributed by atoms with Crippen LogP contribution in [0.5, 0.6) is 0 Å².